The van der Waals surface area contributed by atoms with Crippen LogP contribution in [0.4, 0.5) is 0 Å². The van der Waals surface area contributed by atoms with E-state index in [9.17, 15) is 0 Å². The molecule has 1 rings (SSSR count). The number of rotatable bonds is 2. The summed E-state index contributed by atoms with van der Waals surface area (Å²) < 4.78 is 0. The molecule has 0 saturated carbocycles. The molecule has 0 radical (unpaired) electrons. The fourth-order valence-corrected chi connectivity index (χ4v) is 0.890. The third-order valence-electron chi connectivity index (χ3n) is 1.38. The highest BCUT2D eigenvalue weighted by Gasteiger charge is 1.85. The largest absolute Gasteiger partial charge is 0.0654 e. The zero-order valence-electron chi connectivity index (χ0n) is 6.81. The minimum absolute atomic E-state index is 0.670. The molecule has 0 heterocycles. The highest BCUT2D eigenvalue weighted by Crippen LogP contribution is 2.06. The molecule has 0 aromatic heterocycles. The predicted octanol–water partition coefficient (Wildman–Crippen LogP) is 3.36. The van der Waals surface area contributed by atoms with E-state index >= 15 is 0 Å². The highest BCUT2D eigenvalue weighted by molar-refractivity contribution is 5.51. The van der Waals surface area contributed by atoms with Crippen LogP contribution in [0.5, 0.6) is 0 Å². The molecule has 60 valence electrons. The van der Waals surface area contributed by atoms with Crippen LogP contribution in [0.2, 0.25) is 0 Å². The van der Waals surface area contributed by atoms with E-state index in [1.807, 2.05) is 36.4 Å². The molecule has 0 N–H and O–H groups in total. The number of allylic oxidation sites excluding steroid dienone is 1. The van der Waals surface area contributed by atoms with E-state index in [0.717, 1.165) is 5.56 Å². The Morgan fingerprint density at radius 2 is 2.08 bits per heavy atom. The summed E-state index contributed by atoms with van der Waals surface area (Å²) in [6, 6.07) is 9.73. The third kappa shape index (κ3) is 2.48. The molecule has 0 unspecified atom stereocenters. The van der Waals surface area contributed by atoms with Gasteiger partial charge in [-0.15, -0.1) is 0 Å². The minimum atomic E-state index is 0.670. The van der Waals surface area contributed by atoms with E-state index in [1.165, 1.54) is 0 Å². The van der Waals surface area contributed by atoms with Crippen molar-refractivity contribution in [2.75, 3.05) is 0 Å². The fraction of sp³-hybridized carbons (Fsp3) is 0.111. The topological polar surface area (TPSA) is 48.8 Å². The van der Waals surface area contributed by atoms with E-state index in [1.54, 1.807) is 6.92 Å². The maximum Gasteiger partial charge on any atom is 0.0125 e. The van der Waals surface area contributed by atoms with Crippen LogP contribution in [0.25, 0.3) is 16.5 Å². The van der Waals surface area contributed by atoms with Crippen molar-refractivity contribution in [2.45, 2.75) is 6.92 Å². The molecule has 0 saturated heterocycles. The third-order valence-corrected chi connectivity index (χ3v) is 1.38. The molecule has 0 amide bonds. The lowest BCUT2D eigenvalue weighted by molar-refractivity contribution is 1.30. The summed E-state index contributed by atoms with van der Waals surface area (Å²) in [5.74, 6) is 0. The second kappa shape index (κ2) is 4.21. The highest BCUT2D eigenvalue weighted by atomic mass is 15.1. The van der Waals surface area contributed by atoms with Gasteiger partial charge >= 0.3 is 0 Å². The van der Waals surface area contributed by atoms with Gasteiger partial charge in [0.1, 0.15) is 0 Å². The Hall–Kier alpha value is -1.73. The van der Waals surface area contributed by atoms with Crippen molar-refractivity contribution in [1.29, 1.82) is 0 Å². The van der Waals surface area contributed by atoms with Gasteiger partial charge < -0.3 is 0 Å². The predicted molar refractivity (Wildman–Crippen MR) is 49.2 cm³/mol. The van der Waals surface area contributed by atoms with Crippen LogP contribution in [0, 0.1) is 0 Å². The van der Waals surface area contributed by atoms with Gasteiger partial charge in [0.15, 0.2) is 0 Å². The van der Waals surface area contributed by atoms with Gasteiger partial charge in [0.2, 0.25) is 0 Å². The van der Waals surface area contributed by atoms with Gasteiger partial charge in [-0.2, -0.15) is 0 Å². The second-order valence-electron chi connectivity index (χ2n) is 2.39. The average Bonchev–Trinajstić information content (AvgIpc) is 2.06. The number of hydrogen-bond donors (Lipinski definition) is 0. The molecule has 0 bridgehead atoms. The monoisotopic (exact) mass is 159 g/mol. The Bertz CT molecular complexity index is 321. The molecule has 3 nitrogen and oxygen atoms in total. The molecule has 1 aromatic carbocycles. The van der Waals surface area contributed by atoms with E-state index < -0.39 is 0 Å². The molecule has 12 heavy (non-hydrogen) atoms. The molecule has 0 fully saturated rings. The summed E-state index contributed by atoms with van der Waals surface area (Å²) in [6.45, 7) is 1.77. The van der Waals surface area contributed by atoms with Crippen LogP contribution in [0.3, 0.4) is 0 Å². The lowest BCUT2D eigenvalue weighted by atomic mass is 10.2. The summed E-state index contributed by atoms with van der Waals surface area (Å²) in [7, 11) is 0. The Kier molecular flexibility index (Phi) is 2.94. The standard InChI is InChI=1S/C9H9N3/c1-8(11-12-10)7-9-5-3-2-4-6-9/h2-7H,1H3/b8-7+. The van der Waals surface area contributed by atoms with E-state index in [-0.39, 0.29) is 0 Å². The van der Waals surface area contributed by atoms with Crippen LogP contribution in [0.15, 0.2) is 41.1 Å². The Morgan fingerprint density at radius 3 is 2.67 bits per heavy atom. The molecule has 1 aromatic rings. The number of benzene rings is 1. The molecule has 0 aliphatic carbocycles. The smallest absolute Gasteiger partial charge is 0.0125 e. The van der Waals surface area contributed by atoms with Crippen molar-refractivity contribution in [3.8, 4) is 0 Å². The lowest BCUT2D eigenvalue weighted by Gasteiger charge is -1.91. The summed E-state index contributed by atoms with van der Waals surface area (Å²) in [5, 5.41) is 3.46. The van der Waals surface area contributed by atoms with E-state index in [4.69, 9.17) is 5.53 Å². The van der Waals surface area contributed by atoms with Crippen molar-refractivity contribution in [3.05, 3.63) is 52.0 Å². The Morgan fingerprint density at radius 1 is 1.42 bits per heavy atom. The quantitative estimate of drug-likeness (QED) is 0.361. The van der Waals surface area contributed by atoms with Gasteiger partial charge in [-0.05, 0) is 24.1 Å². The van der Waals surface area contributed by atoms with Crippen LogP contribution in [-0.4, -0.2) is 0 Å². The van der Waals surface area contributed by atoms with Gasteiger partial charge in [0, 0.05) is 10.6 Å². The van der Waals surface area contributed by atoms with Crippen LogP contribution < -0.4 is 0 Å². The van der Waals surface area contributed by atoms with Crippen LogP contribution in [0.1, 0.15) is 12.5 Å². The van der Waals surface area contributed by atoms with Gasteiger partial charge in [0.25, 0.3) is 0 Å². The van der Waals surface area contributed by atoms with E-state index in [0.29, 0.717) is 5.70 Å². The molecule has 3 heteroatoms. The zero-order valence-corrected chi connectivity index (χ0v) is 6.81. The normalized spacial score (nSPS) is 10.6. The van der Waals surface area contributed by atoms with Crippen molar-refractivity contribution in [2.24, 2.45) is 5.11 Å². The summed E-state index contributed by atoms with van der Waals surface area (Å²) in [4.78, 5) is 2.69. The first-order chi connectivity index (χ1) is 5.83. The summed E-state index contributed by atoms with van der Waals surface area (Å²) in [5.41, 5.74) is 9.85. The first kappa shape index (κ1) is 8.37. The van der Waals surface area contributed by atoms with E-state index in [2.05, 4.69) is 10.0 Å². The maximum atomic E-state index is 8.13. The minimum Gasteiger partial charge on any atom is -0.0654 e. The Balaban J connectivity index is 2.88. The molecule has 0 aliphatic rings. The van der Waals surface area contributed by atoms with Gasteiger partial charge in [-0.25, -0.2) is 0 Å². The first-order valence-electron chi connectivity index (χ1n) is 3.61. The van der Waals surface area contributed by atoms with Crippen LogP contribution >= 0.6 is 0 Å². The Labute approximate surface area is 71.0 Å². The molecule has 0 aliphatic heterocycles. The maximum absolute atomic E-state index is 8.13. The zero-order chi connectivity index (χ0) is 8.81. The van der Waals surface area contributed by atoms with Crippen LogP contribution in [-0.2, 0) is 0 Å². The SMILES string of the molecule is C/C(=C\c1ccccc1)N=[N+]=[N-]. The lowest BCUT2D eigenvalue weighted by Crippen LogP contribution is -1.70. The van der Waals surface area contributed by atoms with Crippen molar-refractivity contribution < 1.29 is 0 Å². The van der Waals surface area contributed by atoms with Gasteiger partial charge in [-0.1, -0.05) is 35.4 Å². The first-order valence-corrected chi connectivity index (χ1v) is 3.61. The van der Waals surface area contributed by atoms with Gasteiger partial charge in [0.05, 0.1) is 0 Å². The molecule has 0 spiro atoms. The van der Waals surface area contributed by atoms with Crippen molar-refractivity contribution >= 4 is 6.08 Å². The molecule has 0 atom stereocenters. The average molecular weight is 159 g/mol. The molecular formula is C9H9N3. The summed E-state index contributed by atoms with van der Waals surface area (Å²) >= 11 is 0. The second-order valence-corrected chi connectivity index (χ2v) is 2.39. The number of hydrogen-bond acceptors (Lipinski definition) is 1. The van der Waals surface area contributed by atoms with Crippen molar-refractivity contribution in [3.63, 3.8) is 0 Å². The number of nitrogens with zero attached hydrogens (tertiary/aromatic N) is 3. The number of azide groups is 1. The van der Waals surface area contributed by atoms with Crippen molar-refractivity contribution in [1.82, 2.24) is 0 Å². The summed E-state index contributed by atoms with van der Waals surface area (Å²) in [6.07, 6.45) is 1.83. The fourth-order valence-electron chi connectivity index (χ4n) is 0.890. The molecular weight excluding hydrogens is 150 g/mol. The van der Waals surface area contributed by atoms with Gasteiger partial charge in [-0.3, -0.25) is 0 Å².